The van der Waals surface area contributed by atoms with Gasteiger partial charge in [0.05, 0.1) is 0 Å². The third-order valence-electron chi connectivity index (χ3n) is 4.49. The predicted molar refractivity (Wildman–Crippen MR) is 111 cm³/mol. The standard InChI is InChI=1S/C21H24N4O3/c1-15(26)22-17-6-5-7-18(14-17)24-21(28)20(27)23-16-8-10-19(11-9-16)25-12-3-2-4-13-25/h5-11,14H,2-4,12-13H2,1H3,(H,22,26)(H,23,27)(H,24,28). The van der Waals surface area contributed by atoms with E-state index in [-0.39, 0.29) is 5.91 Å². The Bertz CT molecular complexity index is 858. The number of piperidine rings is 1. The fraction of sp³-hybridized carbons (Fsp3) is 0.286. The van der Waals surface area contributed by atoms with Crippen LogP contribution in [-0.2, 0) is 14.4 Å². The van der Waals surface area contributed by atoms with Gasteiger partial charge < -0.3 is 20.9 Å². The molecular weight excluding hydrogens is 356 g/mol. The summed E-state index contributed by atoms with van der Waals surface area (Å²) in [4.78, 5) is 37.7. The normalized spacial score (nSPS) is 13.5. The molecule has 7 nitrogen and oxygen atoms in total. The Kier molecular flexibility index (Phi) is 6.26. The number of hydrogen-bond acceptors (Lipinski definition) is 4. The maximum Gasteiger partial charge on any atom is 0.314 e. The molecule has 2 aromatic carbocycles. The molecule has 3 rings (SSSR count). The smallest absolute Gasteiger partial charge is 0.314 e. The van der Waals surface area contributed by atoms with Crippen molar-refractivity contribution in [1.29, 1.82) is 0 Å². The van der Waals surface area contributed by atoms with Crippen LogP contribution in [0.1, 0.15) is 26.2 Å². The van der Waals surface area contributed by atoms with Gasteiger partial charge in [-0.3, -0.25) is 14.4 Å². The first-order chi connectivity index (χ1) is 13.5. The summed E-state index contributed by atoms with van der Waals surface area (Å²) >= 11 is 0. The number of amides is 3. The summed E-state index contributed by atoms with van der Waals surface area (Å²) in [5.74, 6) is -1.75. The summed E-state index contributed by atoms with van der Waals surface area (Å²) in [6, 6.07) is 14.1. The highest BCUT2D eigenvalue weighted by atomic mass is 16.2. The van der Waals surface area contributed by atoms with E-state index in [4.69, 9.17) is 0 Å². The van der Waals surface area contributed by atoms with Crippen LogP contribution in [0.15, 0.2) is 48.5 Å². The molecule has 1 aliphatic rings. The fourth-order valence-corrected chi connectivity index (χ4v) is 3.16. The summed E-state index contributed by atoms with van der Waals surface area (Å²) in [6.07, 6.45) is 3.66. The Hall–Kier alpha value is -3.35. The molecule has 0 aliphatic carbocycles. The van der Waals surface area contributed by atoms with Crippen molar-refractivity contribution in [3.05, 3.63) is 48.5 Å². The predicted octanol–water partition coefficient (Wildman–Crippen LogP) is 3.21. The highest BCUT2D eigenvalue weighted by Crippen LogP contribution is 2.22. The molecule has 146 valence electrons. The third-order valence-corrected chi connectivity index (χ3v) is 4.49. The van der Waals surface area contributed by atoms with Gasteiger partial charge in [-0.25, -0.2) is 0 Å². The highest BCUT2D eigenvalue weighted by molar-refractivity contribution is 6.43. The molecular formula is C21H24N4O3. The van der Waals surface area contributed by atoms with Crippen LogP contribution in [0, 0.1) is 0 Å². The zero-order valence-corrected chi connectivity index (χ0v) is 15.8. The highest BCUT2D eigenvalue weighted by Gasteiger charge is 2.15. The van der Waals surface area contributed by atoms with E-state index >= 15 is 0 Å². The van der Waals surface area contributed by atoms with E-state index in [2.05, 4.69) is 20.9 Å². The minimum atomic E-state index is -0.778. The Morgan fingerprint density at radius 2 is 1.32 bits per heavy atom. The summed E-state index contributed by atoms with van der Waals surface area (Å²) in [7, 11) is 0. The van der Waals surface area contributed by atoms with E-state index in [0.717, 1.165) is 18.8 Å². The number of rotatable bonds is 4. The largest absolute Gasteiger partial charge is 0.372 e. The first-order valence-corrected chi connectivity index (χ1v) is 9.36. The molecule has 0 radical (unpaired) electrons. The summed E-state index contributed by atoms with van der Waals surface area (Å²) in [5, 5.41) is 7.75. The first-order valence-electron chi connectivity index (χ1n) is 9.36. The summed E-state index contributed by atoms with van der Waals surface area (Å²) in [5.41, 5.74) is 2.65. The van der Waals surface area contributed by atoms with Crippen LogP contribution < -0.4 is 20.9 Å². The number of anilines is 4. The zero-order chi connectivity index (χ0) is 19.9. The van der Waals surface area contributed by atoms with E-state index in [0.29, 0.717) is 17.1 Å². The lowest BCUT2D eigenvalue weighted by Crippen LogP contribution is -2.30. The molecule has 0 unspecified atom stereocenters. The molecule has 3 N–H and O–H groups in total. The fourth-order valence-electron chi connectivity index (χ4n) is 3.16. The number of nitrogens with one attached hydrogen (secondary N) is 3. The van der Waals surface area contributed by atoms with Crippen LogP contribution in [0.2, 0.25) is 0 Å². The quantitative estimate of drug-likeness (QED) is 0.711. The van der Waals surface area contributed by atoms with Crippen LogP contribution in [-0.4, -0.2) is 30.8 Å². The van der Waals surface area contributed by atoms with Gasteiger partial charge in [0.1, 0.15) is 0 Å². The van der Waals surface area contributed by atoms with Gasteiger partial charge in [-0.05, 0) is 61.7 Å². The maximum atomic E-state index is 12.2. The van der Waals surface area contributed by atoms with E-state index in [1.54, 1.807) is 36.4 Å². The average molecular weight is 380 g/mol. The number of nitrogens with zero attached hydrogens (tertiary/aromatic N) is 1. The SMILES string of the molecule is CC(=O)Nc1cccc(NC(=O)C(=O)Nc2ccc(N3CCCCC3)cc2)c1. The third kappa shape index (κ3) is 5.33. The van der Waals surface area contributed by atoms with E-state index in [1.807, 2.05) is 12.1 Å². The second kappa shape index (κ2) is 9.03. The van der Waals surface area contributed by atoms with Crippen LogP contribution >= 0.6 is 0 Å². The van der Waals surface area contributed by atoms with Crippen molar-refractivity contribution in [1.82, 2.24) is 0 Å². The number of carbonyl (C=O) groups is 3. The Balaban J connectivity index is 1.56. The molecule has 0 bridgehead atoms. The Labute approximate surface area is 164 Å². The molecule has 7 heteroatoms. The lowest BCUT2D eigenvalue weighted by atomic mass is 10.1. The van der Waals surface area contributed by atoms with Gasteiger partial charge >= 0.3 is 11.8 Å². The average Bonchev–Trinajstić information content (AvgIpc) is 2.69. The van der Waals surface area contributed by atoms with Crippen LogP contribution in [0.5, 0.6) is 0 Å². The minimum absolute atomic E-state index is 0.214. The number of benzene rings is 2. The van der Waals surface area contributed by atoms with Gasteiger partial charge in [-0.1, -0.05) is 6.07 Å². The van der Waals surface area contributed by atoms with Gasteiger partial charge in [0.2, 0.25) is 5.91 Å². The maximum absolute atomic E-state index is 12.2. The lowest BCUT2D eigenvalue weighted by Gasteiger charge is -2.28. The van der Waals surface area contributed by atoms with Crippen LogP contribution in [0.3, 0.4) is 0 Å². The second-order valence-corrected chi connectivity index (χ2v) is 6.76. The van der Waals surface area contributed by atoms with Crippen molar-refractivity contribution in [3.8, 4) is 0 Å². The van der Waals surface area contributed by atoms with E-state index < -0.39 is 11.8 Å². The van der Waals surface area contributed by atoms with Gasteiger partial charge in [-0.2, -0.15) is 0 Å². The lowest BCUT2D eigenvalue weighted by molar-refractivity contribution is -0.132. The summed E-state index contributed by atoms with van der Waals surface area (Å²) < 4.78 is 0. The van der Waals surface area contributed by atoms with Gasteiger partial charge in [0, 0.05) is 42.8 Å². The molecule has 2 aromatic rings. The number of carbonyl (C=O) groups excluding carboxylic acids is 3. The summed E-state index contributed by atoms with van der Waals surface area (Å²) in [6.45, 7) is 3.49. The van der Waals surface area contributed by atoms with Crippen molar-refractivity contribution >= 4 is 40.5 Å². The van der Waals surface area contributed by atoms with Crippen molar-refractivity contribution < 1.29 is 14.4 Å². The van der Waals surface area contributed by atoms with Gasteiger partial charge in [-0.15, -0.1) is 0 Å². The minimum Gasteiger partial charge on any atom is -0.372 e. The molecule has 1 aliphatic heterocycles. The second-order valence-electron chi connectivity index (χ2n) is 6.76. The van der Waals surface area contributed by atoms with Crippen LogP contribution in [0.4, 0.5) is 22.7 Å². The molecule has 1 fully saturated rings. The van der Waals surface area contributed by atoms with E-state index in [1.165, 1.54) is 26.2 Å². The van der Waals surface area contributed by atoms with Gasteiger partial charge in [0.15, 0.2) is 0 Å². The molecule has 0 atom stereocenters. The van der Waals surface area contributed by atoms with Crippen molar-refractivity contribution in [2.45, 2.75) is 26.2 Å². The number of hydrogen-bond donors (Lipinski definition) is 3. The van der Waals surface area contributed by atoms with E-state index in [9.17, 15) is 14.4 Å². The van der Waals surface area contributed by atoms with Crippen molar-refractivity contribution in [3.63, 3.8) is 0 Å². The van der Waals surface area contributed by atoms with Crippen molar-refractivity contribution in [2.75, 3.05) is 33.9 Å². The molecule has 1 saturated heterocycles. The molecule has 3 amide bonds. The first kappa shape index (κ1) is 19.4. The Morgan fingerprint density at radius 3 is 1.93 bits per heavy atom. The monoisotopic (exact) mass is 380 g/mol. The molecule has 0 spiro atoms. The Morgan fingerprint density at radius 1 is 0.750 bits per heavy atom. The van der Waals surface area contributed by atoms with Gasteiger partial charge in [0.25, 0.3) is 0 Å². The molecule has 0 saturated carbocycles. The van der Waals surface area contributed by atoms with Crippen LogP contribution in [0.25, 0.3) is 0 Å². The molecule has 28 heavy (non-hydrogen) atoms. The van der Waals surface area contributed by atoms with Crippen molar-refractivity contribution in [2.24, 2.45) is 0 Å². The topological polar surface area (TPSA) is 90.5 Å². The molecule has 1 heterocycles. The molecule has 0 aromatic heterocycles. The zero-order valence-electron chi connectivity index (χ0n) is 15.8.